The first kappa shape index (κ1) is 57.9. The van der Waals surface area contributed by atoms with Crippen LogP contribution in [0.4, 0.5) is 0 Å². The van der Waals surface area contributed by atoms with Gasteiger partial charge in [0.05, 0.1) is 0 Å². The lowest BCUT2D eigenvalue weighted by Gasteiger charge is -2.18. The average molecular weight is 851 g/mol. The highest BCUT2D eigenvalue weighted by Gasteiger charge is 2.19. The van der Waals surface area contributed by atoms with E-state index in [2.05, 4.69) is 93.7 Å². The van der Waals surface area contributed by atoms with Gasteiger partial charge < -0.3 is 14.2 Å². The fourth-order valence-corrected chi connectivity index (χ4v) is 6.92. The number of hydrogen-bond acceptors (Lipinski definition) is 6. The molecule has 1 atom stereocenters. The Bertz CT molecular complexity index is 1160. The lowest BCUT2D eigenvalue weighted by atomic mass is 10.0. The van der Waals surface area contributed by atoms with E-state index in [1.54, 1.807) is 0 Å². The Morgan fingerprint density at radius 3 is 1.00 bits per heavy atom. The topological polar surface area (TPSA) is 78.9 Å². The van der Waals surface area contributed by atoms with Gasteiger partial charge in [-0.3, -0.25) is 14.4 Å². The Kier molecular flexibility index (Phi) is 46.9. The molecule has 0 saturated carbocycles. The van der Waals surface area contributed by atoms with E-state index in [-0.39, 0.29) is 31.1 Å². The lowest BCUT2D eigenvalue weighted by Crippen LogP contribution is -2.30. The number of allylic oxidation sites excluding steroid dienone is 12. The molecule has 0 aromatic carbocycles. The van der Waals surface area contributed by atoms with Crippen LogP contribution in [0, 0.1) is 0 Å². The summed E-state index contributed by atoms with van der Waals surface area (Å²) >= 11 is 0. The summed E-state index contributed by atoms with van der Waals surface area (Å²) in [5.41, 5.74) is 0. The monoisotopic (exact) mass is 851 g/mol. The summed E-state index contributed by atoms with van der Waals surface area (Å²) in [6, 6.07) is 0. The largest absolute Gasteiger partial charge is 0.462 e. The van der Waals surface area contributed by atoms with Crippen LogP contribution in [-0.4, -0.2) is 37.2 Å². The number of ether oxygens (including phenoxy) is 3. The molecule has 0 aromatic rings. The molecule has 0 aliphatic rings. The second-order valence-electron chi connectivity index (χ2n) is 16.7. The standard InChI is InChI=1S/C55H94O6/c1-4-7-10-13-16-18-20-22-23-24-25-26-27-28-29-30-31-32-33-34-36-37-39-42-45-48-54(57)60-51-52(50-59-53(56)47-44-41-15-12-9-6-3)61-55(58)49-46-43-40-38-35-21-19-17-14-11-8-5-2/h7,10,16,18,22-23,25-26,28-29,31-32,52H,4-6,8-9,11-15,17,19-21,24,27,30,33-51H2,1-3H3/b10-7-,18-16-,23-22-,26-25-,29-28-,32-31-. The Labute approximate surface area is 376 Å². The second kappa shape index (κ2) is 49.5. The molecule has 0 heterocycles. The first-order valence-electron chi connectivity index (χ1n) is 25.4. The van der Waals surface area contributed by atoms with Crippen molar-refractivity contribution < 1.29 is 28.6 Å². The van der Waals surface area contributed by atoms with Crippen molar-refractivity contribution in [1.82, 2.24) is 0 Å². The van der Waals surface area contributed by atoms with Crippen LogP contribution in [0.15, 0.2) is 72.9 Å². The molecule has 0 fully saturated rings. The number of carbonyl (C=O) groups is 3. The molecule has 0 aliphatic carbocycles. The highest BCUT2D eigenvalue weighted by Crippen LogP contribution is 2.14. The van der Waals surface area contributed by atoms with E-state index in [4.69, 9.17) is 14.2 Å². The lowest BCUT2D eigenvalue weighted by molar-refractivity contribution is -0.167. The third-order valence-corrected chi connectivity index (χ3v) is 10.7. The van der Waals surface area contributed by atoms with E-state index in [9.17, 15) is 14.4 Å². The van der Waals surface area contributed by atoms with Crippen molar-refractivity contribution in [3.63, 3.8) is 0 Å². The number of carbonyl (C=O) groups excluding carboxylic acids is 3. The predicted molar refractivity (Wildman–Crippen MR) is 261 cm³/mol. The van der Waals surface area contributed by atoms with E-state index in [0.717, 1.165) is 103 Å². The summed E-state index contributed by atoms with van der Waals surface area (Å²) in [5, 5.41) is 0. The van der Waals surface area contributed by atoms with Crippen LogP contribution in [0.3, 0.4) is 0 Å². The summed E-state index contributed by atoms with van der Waals surface area (Å²) < 4.78 is 16.7. The molecule has 6 nitrogen and oxygen atoms in total. The van der Waals surface area contributed by atoms with E-state index < -0.39 is 6.10 Å². The molecule has 0 N–H and O–H groups in total. The van der Waals surface area contributed by atoms with Gasteiger partial charge in [0.1, 0.15) is 13.2 Å². The quantitative estimate of drug-likeness (QED) is 0.0263. The van der Waals surface area contributed by atoms with E-state index in [1.807, 2.05) is 0 Å². The number of unbranched alkanes of at least 4 members (excludes halogenated alkanes) is 22. The van der Waals surface area contributed by atoms with E-state index in [0.29, 0.717) is 19.3 Å². The Morgan fingerprint density at radius 2 is 0.639 bits per heavy atom. The van der Waals surface area contributed by atoms with Crippen molar-refractivity contribution in [2.45, 2.75) is 245 Å². The fraction of sp³-hybridized carbons (Fsp3) is 0.727. The number of hydrogen-bond donors (Lipinski definition) is 0. The maximum atomic E-state index is 12.7. The van der Waals surface area contributed by atoms with Gasteiger partial charge in [-0.15, -0.1) is 0 Å². The van der Waals surface area contributed by atoms with Crippen molar-refractivity contribution in [1.29, 1.82) is 0 Å². The van der Waals surface area contributed by atoms with Crippen molar-refractivity contribution in [2.24, 2.45) is 0 Å². The van der Waals surface area contributed by atoms with E-state index >= 15 is 0 Å². The van der Waals surface area contributed by atoms with Crippen molar-refractivity contribution in [3.8, 4) is 0 Å². The van der Waals surface area contributed by atoms with Gasteiger partial charge in [-0.05, 0) is 70.6 Å². The molecule has 0 radical (unpaired) electrons. The Hall–Kier alpha value is -3.15. The molecule has 0 saturated heterocycles. The van der Waals surface area contributed by atoms with Crippen LogP contribution in [0.5, 0.6) is 0 Å². The predicted octanol–water partition coefficient (Wildman–Crippen LogP) is 16.6. The van der Waals surface area contributed by atoms with Crippen LogP contribution >= 0.6 is 0 Å². The summed E-state index contributed by atoms with van der Waals surface area (Å²) in [5.74, 6) is -0.903. The second-order valence-corrected chi connectivity index (χ2v) is 16.7. The third kappa shape index (κ3) is 47.7. The van der Waals surface area contributed by atoms with Gasteiger partial charge in [0.2, 0.25) is 0 Å². The molecule has 0 spiro atoms. The molecule has 350 valence electrons. The van der Waals surface area contributed by atoms with Crippen LogP contribution in [0.2, 0.25) is 0 Å². The van der Waals surface area contributed by atoms with Gasteiger partial charge in [-0.2, -0.15) is 0 Å². The molecule has 0 aromatic heterocycles. The normalized spacial score (nSPS) is 12.6. The van der Waals surface area contributed by atoms with Gasteiger partial charge in [0, 0.05) is 19.3 Å². The zero-order chi connectivity index (χ0) is 44.4. The van der Waals surface area contributed by atoms with Gasteiger partial charge in [0.25, 0.3) is 0 Å². The molecular formula is C55H94O6. The van der Waals surface area contributed by atoms with E-state index in [1.165, 1.54) is 96.3 Å². The zero-order valence-electron chi connectivity index (χ0n) is 39.9. The maximum absolute atomic E-state index is 12.7. The summed E-state index contributed by atoms with van der Waals surface area (Å²) in [4.78, 5) is 37.7. The summed E-state index contributed by atoms with van der Waals surface area (Å²) in [6.45, 7) is 6.44. The average Bonchev–Trinajstić information content (AvgIpc) is 3.26. The fourth-order valence-electron chi connectivity index (χ4n) is 6.92. The molecule has 61 heavy (non-hydrogen) atoms. The zero-order valence-corrected chi connectivity index (χ0v) is 39.9. The van der Waals surface area contributed by atoms with Crippen molar-refractivity contribution in [3.05, 3.63) is 72.9 Å². The first-order valence-corrected chi connectivity index (χ1v) is 25.4. The molecule has 0 bridgehead atoms. The van der Waals surface area contributed by atoms with Crippen LogP contribution in [0.25, 0.3) is 0 Å². The molecular weight excluding hydrogens is 757 g/mol. The van der Waals surface area contributed by atoms with Gasteiger partial charge in [-0.1, -0.05) is 222 Å². The van der Waals surface area contributed by atoms with Crippen LogP contribution < -0.4 is 0 Å². The third-order valence-electron chi connectivity index (χ3n) is 10.7. The summed E-state index contributed by atoms with van der Waals surface area (Å²) in [7, 11) is 0. The minimum Gasteiger partial charge on any atom is -0.462 e. The first-order chi connectivity index (χ1) is 30.0. The van der Waals surface area contributed by atoms with Gasteiger partial charge >= 0.3 is 17.9 Å². The van der Waals surface area contributed by atoms with Gasteiger partial charge in [-0.25, -0.2) is 0 Å². The minimum absolute atomic E-state index is 0.0787. The number of esters is 3. The molecule has 0 amide bonds. The maximum Gasteiger partial charge on any atom is 0.306 e. The van der Waals surface area contributed by atoms with Crippen molar-refractivity contribution in [2.75, 3.05) is 13.2 Å². The smallest absolute Gasteiger partial charge is 0.306 e. The number of rotatable bonds is 45. The van der Waals surface area contributed by atoms with Gasteiger partial charge in [0.15, 0.2) is 6.10 Å². The Balaban J connectivity index is 4.19. The molecule has 1 unspecified atom stereocenters. The molecule has 0 rings (SSSR count). The Morgan fingerprint density at radius 1 is 0.344 bits per heavy atom. The minimum atomic E-state index is -0.775. The van der Waals surface area contributed by atoms with Crippen LogP contribution in [-0.2, 0) is 28.6 Å². The SMILES string of the molecule is CC/C=C\C/C=C\C/C=C\C/C=C\C/C=C\C/C=C\CCCCCCCCC(=O)OCC(COC(=O)CCCCCCCC)OC(=O)CCCCCCCCCCCCCC. The molecule has 0 aliphatic heterocycles. The van der Waals surface area contributed by atoms with Crippen LogP contribution in [0.1, 0.15) is 239 Å². The highest BCUT2D eigenvalue weighted by molar-refractivity contribution is 5.71. The summed E-state index contributed by atoms with van der Waals surface area (Å²) in [6.07, 6.45) is 62.0. The van der Waals surface area contributed by atoms with Crippen molar-refractivity contribution >= 4 is 17.9 Å². The highest BCUT2D eigenvalue weighted by atomic mass is 16.6. The molecule has 6 heteroatoms.